The Kier molecular flexibility index (Phi) is 5.99. The molecule has 116 valence electrons. The Morgan fingerprint density at radius 2 is 1.85 bits per heavy atom. The largest absolute Gasteiger partial charge is 0.481 e. The zero-order valence-corrected chi connectivity index (χ0v) is 12.9. The standard InChI is InChI=1S/C15H27NO4/c1-10(2)15(4,14(18)19)9-13(17)16-11(3)12-5-7-20-8-6-12/h10-12H,5-9H2,1-4H3,(H,16,17)(H,18,19). The summed E-state index contributed by atoms with van der Waals surface area (Å²) in [5.41, 5.74) is -1.01. The number of nitrogens with one attached hydrogen (secondary N) is 1. The van der Waals surface area contributed by atoms with Crippen LogP contribution in [0.3, 0.4) is 0 Å². The first-order chi connectivity index (χ1) is 9.27. The number of carbonyl (C=O) groups is 2. The van der Waals surface area contributed by atoms with Crippen molar-refractivity contribution in [3.8, 4) is 0 Å². The lowest BCUT2D eigenvalue weighted by Crippen LogP contribution is -2.44. The molecular weight excluding hydrogens is 258 g/mol. The van der Waals surface area contributed by atoms with E-state index in [0.29, 0.717) is 5.92 Å². The normalized spacial score (nSPS) is 21.2. The first-order valence-electron chi connectivity index (χ1n) is 7.38. The molecule has 0 bridgehead atoms. The molecule has 0 saturated carbocycles. The molecule has 0 aromatic rings. The maximum Gasteiger partial charge on any atom is 0.310 e. The summed E-state index contributed by atoms with van der Waals surface area (Å²) in [5.74, 6) is -0.768. The second-order valence-corrected chi connectivity index (χ2v) is 6.36. The number of carbonyl (C=O) groups excluding carboxylic acids is 1. The highest BCUT2D eigenvalue weighted by atomic mass is 16.5. The van der Waals surface area contributed by atoms with Crippen LogP contribution in [-0.2, 0) is 14.3 Å². The van der Waals surface area contributed by atoms with Crippen molar-refractivity contribution >= 4 is 11.9 Å². The first-order valence-corrected chi connectivity index (χ1v) is 7.38. The molecule has 1 heterocycles. The van der Waals surface area contributed by atoms with Gasteiger partial charge in [0.05, 0.1) is 5.41 Å². The Morgan fingerprint density at radius 3 is 2.30 bits per heavy atom. The predicted molar refractivity (Wildman–Crippen MR) is 76.3 cm³/mol. The van der Waals surface area contributed by atoms with Gasteiger partial charge in [0.15, 0.2) is 0 Å². The Hall–Kier alpha value is -1.10. The van der Waals surface area contributed by atoms with Crippen LogP contribution in [0.15, 0.2) is 0 Å². The van der Waals surface area contributed by atoms with Gasteiger partial charge in [-0.1, -0.05) is 13.8 Å². The van der Waals surface area contributed by atoms with Crippen molar-refractivity contribution in [2.45, 2.75) is 53.0 Å². The lowest BCUT2D eigenvalue weighted by Gasteiger charge is -2.31. The van der Waals surface area contributed by atoms with Crippen LogP contribution in [0.5, 0.6) is 0 Å². The summed E-state index contributed by atoms with van der Waals surface area (Å²) in [4.78, 5) is 23.5. The van der Waals surface area contributed by atoms with Crippen molar-refractivity contribution in [1.29, 1.82) is 0 Å². The van der Waals surface area contributed by atoms with Gasteiger partial charge in [-0.2, -0.15) is 0 Å². The summed E-state index contributed by atoms with van der Waals surface area (Å²) in [6.45, 7) is 8.78. The molecule has 0 radical (unpaired) electrons. The zero-order chi connectivity index (χ0) is 15.3. The van der Waals surface area contributed by atoms with E-state index in [1.165, 1.54) is 0 Å². The Labute approximate surface area is 121 Å². The molecule has 2 atom stereocenters. The van der Waals surface area contributed by atoms with Crippen LogP contribution in [0.25, 0.3) is 0 Å². The summed E-state index contributed by atoms with van der Waals surface area (Å²) in [5, 5.41) is 12.3. The number of hydrogen-bond acceptors (Lipinski definition) is 3. The fourth-order valence-corrected chi connectivity index (χ4v) is 2.50. The number of amides is 1. The lowest BCUT2D eigenvalue weighted by molar-refractivity contribution is -0.153. The molecule has 5 nitrogen and oxygen atoms in total. The van der Waals surface area contributed by atoms with Crippen LogP contribution in [0.4, 0.5) is 0 Å². The molecule has 1 aliphatic rings. The van der Waals surface area contributed by atoms with E-state index in [0.717, 1.165) is 26.1 Å². The molecule has 1 rings (SSSR count). The summed E-state index contributed by atoms with van der Waals surface area (Å²) in [6.07, 6.45) is 1.91. The average molecular weight is 285 g/mol. The van der Waals surface area contributed by atoms with E-state index in [4.69, 9.17) is 4.74 Å². The zero-order valence-electron chi connectivity index (χ0n) is 12.9. The maximum absolute atomic E-state index is 12.1. The second kappa shape index (κ2) is 7.07. The molecule has 20 heavy (non-hydrogen) atoms. The molecule has 0 aliphatic carbocycles. The molecule has 1 aliphatic heterocycles. The highest BCUT2D eigenvalue weighted by molar-refractivity contribution is 5.85. The van der Waals surface area contributed by atoms with Gasteiger partial charge in [0.1, 0.15) is 0 Å². The summed E-state index contributed by atoms with van der Waals surface area (Å²) >= 11 is 0. The highest BCUT2D eigenvalue weighted by Gasteiger charge is 2.39. The van der Waals surface area contributed by atoms with Gasteiger partial charge in [0.25, 0.3) is 0 Å². The summed E-state index contributed by atoms with van der Waals surface area (Å²) in [7, 11) is 0. The van der Waals surface area contributed by atoms with Crippen molar-refractivity contribution in [2.24, 2.45) is 17.3 Å². The van der Waals surface area contributed by atoms with Crippen LogP contribution in [-0.4, -0.2) is 36.2 Å². The Bertz CT molecular complexity index is 350. The van der Waals surface area contributed by atoms with E-state index in [-0.39, 0.29) is 24.3 Å². The Morgan fingerprint density at radius 1 is 1.30 bits per heavy atom. The minimum absolute atomic E-state index is 0.0214. The highest BCUT2D eigenvalue weighted by Crippen LogP contribution is 2.31. The molecule has 0 aromatic carbocycles. The van der Waals surface area contributed by atoms with Gasteiger partial charge in [0, 0.05) is 25.7 Å². The average Bonchev–Trinajstić information content (AvgIpc) is 2.38. The van der Waals surface area contributed by atoms with Gasteiger partial charge in [0.2, 0.25) is 5.91 Å². The fraction of sp³-hybridized carbons (Fsp3) is 0.867. The number of rotatable bonds is 6. The van der Waals surface area contributed by atoms with Crippen LogP contribution in [0.2, 0.25) is 0 Å². The molecular formula is C15H27NO4. The van der Waals surface area contributed by atoms with Gasteiger partial charge in [-0.05, 0) is 38.5 Å². The molecule has 0 aromatic heterocycles. The third kappa shape index (κ3) is 4.20. The minimum Gasteiger partial charge on any atom is -0.481 e. The number of carboxylic acid groups (broad SMARTS) is 1. The van der Waals surface area contributed by atoms with E-state index < -0.39 is 11.4 Å². The van der Waals surface area contributed by atoms with E-state index in [2.05, 4.69) is 5.32 Å². The van der Waals surface area contributed by atoms with Crippen molar-refractivity contribution in [2.75, 3.05) is 13.2 Å². The van der Waals surface area contributed by atoms with Crippen LogP contribution in [0.1, 0.15) is 47.0 Å². The SMILES string of the molecule is CC(NC(=O)CC(C)(C(=O)O)C(C)C)C1CCOCC1. The lowest BCUT2D eigenvalue weighted by atomic mass is 9.76. The molecule has 5 heteroatoms. The van der Waals surface area contributed by atoms with Crippen LogP contribution < -0.4 is 5.32 Å². The molecule has 2 N–H and O–H groups in total. The van der Waals surface area contributed by atoms with Crippen molar-refractivity contribution in [3.63, 3.8) is 0 Å². The van der Waals surface area contributed by atoms with Crippen molar-refractivity contribution < 1.29 is 19.4 Å². The van der Waals surface area contributed by atoms with Gasteiger partial charge in [-0.3, -0.25) is 9.59 Å². The molecule has 2 unspecified atom stereocenters. The van der Waals surface area contributed by atoms with E-state index >= 15 is 0 Å². The van der Waals surface area contributed by atoms with E-state index in [9.17, 15) is 14.7 Å². The third-order valence-corrected chi connectivity index (χ3v) is 4.65. The van der Waals surface area contributed by atoms with Crippen molar-refractivity contribution in [1.82, 2.24) is 5.32 Å². The van der Waals surface area contributed by atoms with Gasteiger partial charge in [-0.25, -0.2) is 0 Å². The third-order valence-electron chi connectivity index (χ3n) is 4.65. The van der Waals surface area contributed by atoms with Crippen LogP contribution in [0, 0.1) is 17.3 Å². The van der Waals surface area contributed by atoms with Gasteiger partial charge >= 0.3 is 5.97 Å². The van der Waals surface area contributed by atoms with Crippen LogP contribution >= 0.6 is 0 Å². The van der Waals surface area contributed by atoms with Gasteiger partial charge in [-0.15, -0.1) is 0 Å². The molecule has 0 spiro atoms. The van der Waals surface area contributed by atoms with E-state index in [1.54, 1.807) is 6.92 Å². The number of hydrogen-bond donors (Lipinski definition) is 2. The molecule has 1 amide bonds. The topological polar surface area (TPSA) is 75.6 Å². The monoisotopic (exact) mass is 285 g/mol. The number of ether oxygens (including phenoxy) is 1. The quantitative estimate of drug-likeness (QED) is 0.783. The summed E-state index contributed by atoms with van der Waals surface area (Å²) < 4.78 is 5.31. The predicted octanol–water partition coefficient (Wildman–Crippen LogP) is 2.05. The Balaban J connectivity index is 2.55. The smallest absolute Gasteiger partial charge is 0.310 e. The summed E-state index contributed by atoms with van der Waals surface area (Å²) in [6, 6.07) is 0.0663. The van der Waals surface area contributed by atoms with Crippen molar-refractivity contribution in [3.05, 3.63) is 0 Å². The molecule has 1 saturated heterocycles. The minimum atomic E-state index is -1.01. The second-order valence-electron chi connectivity index (χ2n) is 6.36. The van der Waals surface area contributed by atoms with Gasteiger partial charge < -0.3 is 15.2 Å². The number of carboxylic acids is 1. The fourth-order valence-electron chi connectivity index (χ4n) is 2.50. The van der Waals surface area contributed by atoms with E-state index in [1.807, 2.05) is 20.8 Å². The maximum atomic E-state index is 12.1. The first kappa shape index (κ1) is 17.0. The molecule has 1 fully saturated rings. The number of aliphatic carboxylic acids is 1.